The first-order valence-electron chi connectivity index (χ1n) is 5.05. The summed E-state index contributed by atoms with van der Waals surface area (Å²) >= 11 is 0. The van der Waals surface area contributed by atoms with E-state index in [4.69, 9.17) is 0 Å². The smallest absolute Gasteiger partial charge is 0.219 e. The topological polar surface area (TPSA) is 29.1 Å². The highest BCUT2D eigenvalue weighted by Crippen LogP contribution is 2.27. The summed E-state index contributed by atoms with van der Waals surface area (Å²) in [7, 11) is 0. The Labute approximate surface area is 74.7 Å². The molecule has 1 fully saturated rings. The Hall–Kier alpha value is -0.530. The van der Waals surface area contributed by atoms with Crippen LogP contribution in [0, 0.1) is 5.92 Å². The molecule has 12 heavy (non-hydrogen) atoms. The van der Waals surface area contributed by atoms with Crippen molar-refractivity contribution in [2.75, 3.05) is 0 Å². The average Bonchev–Trinajstić information content (AvgIpc) is 2.52. The molecule has 1 saturated carbocycles. The van der Waals surface area contributed by atoms with Crippen LogP contribution >= 0.6 is 0 Å². The molecule has 2 nitrogen and oxygen atoms in total. The lowest BCUT2D eigenvalue weighted by atomic mass is 10.1. The third kappa shape index (κ3) is 2.50. The number of hydrogen-bond donors (Lipinski definition) is 1. The normalized spacial score (nSPS) is 28.8. The van der Waals surface area contributed by atoms with Crippen LogP contribution in [-0.2, 0) is 4.79 Å². The van der Waals surface area contributed by atoms with Crippen LogP contribution in [0.25, 0.3) is 0 Å². The molecule has 70 valence electrons. The summed E-state index contributed by atoms with van der Waals surface area (Å²) in [6.45, 7) is 4.14. The molecule has 2 atom stereocenters. The molecule has 0 bridgehead atoms. The van der Waals surface area contributed by atoms with E-state index in [1.165, 1.54) is 25.7 Å². The molecule has 1 rings (SSSR count). The van der Waals surface area contributed by atoms with Crippen molar-refractivity contribution >= 4 is 5.91 Å². The second-order valence-electron chi connectivity index (χ2n) is 3.71. The first-order chi connectivity index (χ1) is 5.76. The second kappa shape index (κ2) is 4.48. The third-order valence-corrected chi connectivity index (χ3v) is 2.80. The maximum atomic E-state index is 11.1. The lowest BCUT2D eigenvalue weighted by Gasteiger charge is -2.11. The summed E-state index contributed by atoms with van der Waals surface area (Å²) < 4.78 is 0. The number of rotatable bonds is 3. The van der Waals surface area contributed by atoms with Crippen LogP contribution in [0.15, 0.2) is 0 Å². The molecule has 0 radical (unpaired) electrons. The summed E-state index contributed by atoms with van der Waals surface area (Å²) in [5, 5.41) is 3.05. The highest BCUT2D eigenvalue weighted by atomic mass is 16.1. The molecule has 2 unspecified atom stereocenters. The zero-order valence-corrected chi connectivity index (χ0v) is 8.10. The minimum absolute atomic E-state index is 0.205. The lowest BCUT2D eigenvalue weighted by molar-refractivity contribution is -0.121. The molecule has 1 aliphatic rings. The fourth-order valence-electron chi connectivity index (χ4n) is 1.91. The Kier molecular flexibility index (Phi) is 3.57. The largest absolute Gasteiger partial charge is 0.353 e. The van der Waals surface area contributed by atoms with Crippen LogP contribution in [-0.4, -0.2) is 11.9 Å². The van der Waals surface area contributed by atoms with Gasteiger partial charge in [0.1, 0.15) is 0 Å². The van der Waals surface area contributed by atoms with Gasteiger partial charge < -0.3 is 5.32 Å². The zero-order chi connectivity index (χ0) is 8.97. The van der Waals surface area contributed by atoms with Crippen molar-refractivity contribution in [3.8, 4) is 0 Å². The molecule has 1 amide bonds. The molecular weight excluding hydrogens is 150 g/mol. The van der Waals surface area contributed by atoms with Gasteiger partial charge in [-0.25, -0.2) is 0 Å². The number of carbonyl (C=O) groups is 1. The van der Waals surface area contributed by atoms with Crippen LogP contribution in [0.1, 0.15) is 46.0 Å². The Bertz CT molecular complexity index is 156. The van der Waals surface area contributed by atoms with Gasteiger partial charge in [0.25, 0.3) is 0 Å². The predicted octanol–water partition coefficient (Wildman–Crippen LogP) is 2.09. The molecule has 1 N–H and O–H groups in total. The Morgan fingerprint density at radius 1 is 1.42 bits per heavy atom. The van der Waals surface area contributed by atoms with Gasteiger partial charge in [-0.3, -0.25) is 4.79 Å². The van der Waals surface area contributed by atoms with E-state index in [9.17, 15) is 4.79 Å². The summed E-state index contributed by atoms with van der Waals surface area (Å²) in [5.74, 6) is 1.06. The lowest BCUT2D eigenvalue weighted by Crippen LogP contribution is -2.32. The molecule has 0 aromatic heterocycles. The van der Waals surface area contributed by atoms with Gasteiger partial charge in [-0.05, 0) is 25.2 Å². The van der Waals surface area contributed by atoms with Crippen LogP contribution in [0.2, 0.25) is 0 Å². The highest BCUT2D eigenvalue weighted by molar-refractivity contribution is 5.75. The highest BCUT2D eigenvalue weighted by Gasteiger charge is 2.23. The second-order valence-corrected chi connectivity index (χ2v) is 3.71. The Morgan fingerprint density at radius 2 is 2.17 bits per heavy atom. The average molecular weight is 169 g/mol. The Balaban J connectivity index is 2.23. The van der Waals surface area contributed by atoms with E-state index in [2.05, 4.69) is 12.2 Å². The molecule has 0 aromatic rings. The SMILES string of the molecule is CCC(=O)NC1CCC(CC)C1. The minimum Gasteiger partial charge on any atom is -0.353 e. The number of nitrogens with one attached hydrogen (secondary N) is 1. The van der Waals surface area contributed by atoms with Gasteiger partial charge in [0.05, 0.1) is 0 Å². The van der Waals surface area contributed by atoms with Gasteiger partial charge in [0.15, 0.2) is 0 Å². The van der Waals surface area contributed by atoms with Crippen LogP contribution in [0.4, 0.5) is 0 Å². The molecule has 0 aliphatic heterocycles. The van der Waals surface area contributed by atoms with Gasteiger partial charge >= 0.3 is 0 Å². The van der Waals surface area contributed by atoms with Crippen LogP contribution in [0.5, 0.6) is 0 Å². The van der Waals surface area contributed by atoms with Crippen LogP contribution < -0.4 is 5.32 Å². The van der Waals surface area contributed by atoms with Crippen molar-refractivity contribution in [2.24, 2.45) is 5.92 Å². The summed E-state index contributed by atoms with van der Waals surface area (Å²) in [4.78, 5) is 11.1. The van der Waals surface area contributed by atoms with Gasteiger partial charge in [0.2, 0.25) is 5.91 Å². The zero-order valence-electron chi connectivity index (χ0n) is 8.10. The Morgan fingerprint density at radius 3 is 2.67 bits per heavy atom. The molecule has 0 aromatic carbocycles. The van der Waals surface area contributed by atoms with E-state index < -0.39 is 0 Å². The van der Waals surface area contributed by atoms with E-state index in [0.29, 0.717) is 12.5 Å². The fourth-order valence-corrected chi connectivity index (χ4v) is 1.91. The van der Waals surface area contributed by atoms with Crippen molar-refractivity contribution in [3.63, 3.8) is 0 Å². The fraction of sp³-hybridized carbons (Fsp3) is 0.900. The summed E-state index contributed by atoms with van der Waals surface area (Å²) in [5.41, 5.74) is 0. The first kappa shape index (κ1) is 9.56. The van der Waals surface area contributed by atoms with E-state index >= 15 is 0 Å². The third-order valence-electron chi connectivity index (χ3n) is 2.80. The van der Waals surface area contributed by atoms with Gasteiger partial charge in [-0.15, -0.1) is 0 Å². The maximum absolute atomic E-state index is 11.1. The van der Waals surface area contributed by atoms with E-state index in [1.54, 1.807) is 0 Å². The number of carbonyl (C=O) groups excluding carboxylic acids is 1. The van der Waals surface area contributed by atoms with Gasteiger partial charge in [0, 0.05) is 12.5 Å². The van der Waals surface area contributed by atoms with Crippen molar-refractivity contribution in [1.29, 1.82) is 0 Å². The molecule has 1 aliphatic carbocycles. The van der Waals surface area contributed by atoms with Crippen molar-refractivity contribution in [2.45, 2.75) is 52.0 Å². The molecular formula is C10H19NO. The van der Waals surface area contributed by atoms with Crippen molar-refractivity contribution in [3.05, 3.63) is 0 Å². The monoisotopic (exact) mass is 169 g/mol. The van der Waals surface area contributed by atoms with Crippen molar-refractivity contribution in [1.82, 2.24) is 5.32 Å². The quantitative estimate of drug-likeness (QED) is 0.688. The molecule has 0 spiro atoms. The summed E-state index contributed by atoms with van der Waals surface area (Å²) in [6.07, 6.45) is 5.56. The number of hydrogen-bond acceptors (Lipinski definition) is 1. The van der Waals surface area contributed by atoms with Gasteiger partial charge in [-0.2, -0.15) is 0 Å². The minimum atomic E-state index is 0.205. The molecule has 2 heteroatoms. The van der Waals surface area contributed by atoms with Crippen LogP contribution in [0.3, 0.4) is 0 Å². The maximum Gasteiger partial charge on any atom is 0.219 e. The number of amides is 1. The predicted molar refractivity (Wildman–Crippen MR) is 49.9 cm³/mol. The first-order valence-corrected chi connectivity index (χ1v) is 5.05. The molecule has 0 saturated heterocycles. The standard InChI is InChI=1S/C10H19NO/c1-3-8-5-6-9(7-8)11-10(12)4-2/h8-9H,3-7H2,1-2H3,(H,11,12). The van der Waals surface area contributed by atoms with E-state index in [0.717, 1.165) is 5.92 Å². The summed E-state index contributed by atoms with van der Waals surface area (Å²) in [6, 6.07) is 0.474. The van der Waals surface area contributed by atoms with E-state index in [1.807, 2.05) is 6.92 Å². The van der Waals surface area contributed by atoms with Gasteiger partial charge in [-0.1, -0.05) is 20.3 Å². The van der Waals surface area contributed by atoms with E-state index in [-0.39, 0.29) is 5.91 Å². The van der Waals surface area contributed by atoms with Crippen molar-refractivity contribution < 1.29 is 4.79 Å². The molecule has 0 heterocycles.